The molecule has 0 atom stereocenters. The van der Waals surface area contributed by atoms with Gasteiger partial charge in [0.2, 0.25) is 0 Å². The Bertz CT molecular complexity index is 601. The summed E-state index contributed by atoms with van der Waals surface area (Å²) in [6.45, 7) is 0. The van der Waals surface area contributed by atoms with Gasteiger partial charge in [-0.25, -0.2) is 4.79 Å². The highest BCUT2D eigenvalue weighted by Gasteiger charge is 2.28. The van der Waals surface area contributed by atoms with Crippen molar-refractivity contribution < 1.29 is 9.90 Å². The van der Waals surface area contributed by atoms with Gasteiger partial charge in [-0.15, -0.1) is 11.3 Å². The molecule has 2 aromatic rings. The van der Waals surface area contributed by atoms with Crippen molar-refractivity contribution in [3.05, 3.63) is 41.0 Å². The first-order valence-corrected chi connectivity index (χ1v) is 5.73. The lowest BCUT2D eigenvalue weighted by atomic mass is 10.1. The molecular formula is C12H9NO2S. The fourth-order valence-electron chi connectivity index (χ4n) is 2.19. The maximum Gasteiger partial charge on any atom is 0.339 e. The topological polar surface area (TPSA) is 63.3 Å². The van der Waals surface area contributed by atoms with Crippen LogP contribution in [0, 0.1) is 0 Å². The van der Waals surface area contributed by atoms with E-state index < -0.39 is 5.97 Å². The van der Waals surface area contributed by atoms with Crippen molar-refractivity contribution in [2.45, 2.75) is 6.42 Å². The van der Waals surface area contributed by atoms with Crippen molar-refractivity contribution in [2.75, 3.05) is 5.73 Å². The van der Waals surface area contributed by atoms with E-state index in [4.69, 9.17) is 10.8 Å². The molecule has 3 nitrogen and oxygen atoms in total. The third-order valence-electron chi connectivity index (χ3n) is 2.88. The number of nitrogens with two attached hydrogens (primary N) is 1. The van der Waals surface area contributed by atoms with Crippen LogP contribution in [0.3, 0.4) is 0 Å². The Hall–Kier alpha value is -1.81. The molecule has 16 heavy (non-hydrogen) atoms. The van der Waals surface area contributed by atoms with Gasteiger partial charge in [0, 0.05) is 11.3 Å². The minimum absolute atomic E-state index is 0.288. The van der Waals surface area contributed by atoms with Crippen LogP contribution in [0.2, 0.25) is 0 Å². The SMILES string of the molecule is Nc1sc2c(c1C(=O)O)Cc1ccccc1-2. The predicted octanol–water partition coefficient (Wildman–Crippen LogP) is 2.60. The number of carboxylic acid groups (broad SMARTS) is 1. The molecule has 3 N–H and O–H groups in total. The number of nitrogen functional groups attached to an aromatic ring is 1. The molecule has 0 radical (unpaired) electrons. The van der Waals surface area contributed by atoms with E-state index in [0.717, 1.165) is 16.0 Å². The molecule has 0 bridgehead atoms. The first-order chi connectivity index (χ1) is 7.68. The van der Waals surface area contributed by atoms with E-state index in [1.165, 1.54) is 16.9 Å². The Labute approximate surface area is 96.1 Å². The van der Waals surface area contributed by atoms with Crippen LogP contribution in [0.15, 0.2) is 24.3 Å². The van der Waals surface area contributed by atoms with Crippen LogP contribution in [0.4, 0.5) is 5.00 Å². The number of rotatable bonds is 1. The van der Waals surface area contributed by atoms with E-state index in [9.17, 15) is 4.79 Å². The summed E-state index contributed by atoms with van der Waals surface area (Å²) in [5, 5.41) is 9.53. The van der Waals surface area contributed by atoms with Crippen molar-refractivity contribution in [1.82, 2.24) is 0 Å². The molecule has 0 spiro atoms. The third-order valence-corrected chi connectivity index (χ3v) is 3.97. The van der Waals surface area contributed by atoms with Crippen molar-refractivity contribution in [3.63, 3.8) is 0 Å². The Morgan fingerprint density at radius 3 is 2.88 bits per heavy atom. The highest BCUT2D eigenvalue weighted by atomic mass is 32.1. The summed E-state index contributed by atoms with van der Waals surface area (Å²) in [5.41, 5.74) is 9.22. The first kappa shape index (κ1) is 9.42. The molecule has 0 fully saturated rings. The zero-order chi connectivity index (χ0) is 11.3. The van der Waals surface area contributed by atoms with Gasteiger partial charge in [-0.05, 0) is 16.7 Å². The van der Waals surface area contributed by atoms with Gasteiger partial charge in [0.05, 0.1) is 5.56 Å². The van der Waals surface area contributed by atoms with Gasteiger partial charge in [0.25, 0.3) is 0 Å². The number of hydrogen-bond donors (Lipinski definition) is 2. The molecular weight excluding hydrogens is 222 g/mol. The smallest absolute Gasteiger partial charge is 0.339 e. The average molecular weight is 231 g/mol. The lowest BCUT2D eigenvalue weighted by molar-refractivity contribution is 0.0697. The van der Waals surface area contributed by atoms with Crippen molar-refractivity contribution in [1.29, 1.82) is 0 Å². The summed E-state index contributed by atoms with van der Waals surface area (Å²) >= 11 is 1.37. The minimum atomic E-state index is -0.928. The maximum atomic E-state index is 11.1. The number of fused-ring (bicyclic) bond motifs is 3. The Morgan fingerprint density at radius 1 is 1.38 bits per heavy atom. The van der Waals surface area contributed by atoms with Crippen molar-refractivity contribution in [3.8, 4) is 10.4 Å². The van der Waals surface area contributed by atoms with E-state index in [-0.39, 0.29) is 5.56 Å². The highest BCUT2D eigenvalue weighted by molar-refractivity contribution is 7.20. The van der Waals surface area contributed by atoms with E-state index in [2.05, 4.69) is 0 Å². The molecule has 0 saturated heterocycles. The predicted molar refractivity (Wildman–Crippen MR) is 63.9 cm³/mol. The van der Waals surface area contributed by atoms with E-state index >= 15 is 0 Å². The lowest BCUT2D eigenvalue weighted by Gasteiger charge is -1.98. The number of aromatic carboxylic acids is 1. The quantitative estimate of drug-likeness (QED) is 0.676. The summed E-state index contributed by atoms with van der Waals surface area (Å²) in [7, 11) is 0. The summed E-state index contributed by atoms with van der Waals surface area (Å²) in [5.74, 6) is -0.928. The Balaban J connectivity index is 2.28. The maximum absolute atomic E-state index is 11.1. The van der Waals surface area contributed by atoms with Gasteiger partial charge in [-0.1, -0.05) is 24.3 Å². The van der Waals surface area contributed by atoms with Crippen LogP contribution in [0.1, 0.15) is 21.5 Å². The second-order valence-corrected chi connectivity index (χ2v) is 4.84. The number of thiophene rings is 1. The highest BCUT2D eigenvalue weighted by Crippen LogP contribution is 2.46. The van der Waals surface area contributed by atoms with Crippen LogP contribution in [-0.2, 0) is 6.42 Å². The fraction of sp³-hybridized carbons (Fsp3) is 0.0833. The molecule has 1 aliphatic rings. The zero-order valence-corrected chi connectivity index (χ0v) is 9.17. The van der Waals surface area contributed by atoms with E-state index in [0.29, 0.717) is 11.4 Å². The number of benzene rings is 1. The van der Waals surface area contributed by atoms with Gasteiger partial charge < -0.3 is 10.8 Å². The van der Waals surface area contributed by atoms with Crippen LogP contribution in [-0.4, -0.2) is 11.1 Å². The molecule has 1 aromatic carbocycles. The largest absolute Gasteiger partial charge is 0.478 e. The molecule has 0 saturated carbocycles. The Morgan fingerprint density at radius 2 is 2.12 bits per heavy atom. The number of carboxylic acids is 1. The van der Waals surface area contributed by atoms with Crippen molar-refractivity contribution in [2.24, 2.45) is 0 Å². The second-order valence-electron chi connectivity index (χ2n) is 3.79. The Kier molecular flexibility index (Phi) is 1.82. The summed E-state index contributed by atoms with van der Waals surface area (Å²) < 4.78 is 0. The second kappa shape index (κ2) is 3.09. The van der Waals surface area contributed by atoms with Crippen LogP contribution in [0.5, 0.6) is 0 Å². The number of carbonyl (C=O) groups is 1. The average Bonchev–Trinajstić information content (AvgIpc) is 2.71. The summed E-state index contributed by atoms with van der Waals surface area (Å²) in [6.07, 6.45) is 0.681. The minimum Gasteiger partial charge on any atom is -0.478 e. The van der Waals surface area contributed by atoms with Crippen LogP contribution < -0.4 is 5.73 Å². The van der Waals surface area contributed by atoms with Crippen LogP contribution >= 0.6 is 11.3 Å². The number of anilines is 1. The molecule has 4 heteroatoms. The first-order valence-electron chi connectivity index (χ1n) is 4.91. The summed E-state index contributed by atoms with van der Waals surface area (Å²) in [4.78, 5) is 12.1. The van der Waals surface area contributed by atoms with Crippen LogP contribution in [0.25, 0.3) is 10.4 Å². The monoisotopic (exact) mass is 231 g/mol. The molecule has 80 valence electrons. The molecule has 1 aliphatic carbocycles. The van der Waals surface area contributed by atoms with Gasteiger partial charge >= 0.3 is 5.97 Å². The van der Waals surface area contributed by atoms with Gasteiger partial charge in [-0.2, -0.15) is 0 Å². The molecule has 0 unspecified atom stereocenters. The molecule has 1 aromatic heterocycles. The third kappa shape index (κ3) is 1.10. The standard InChI is InChI=1S/C12H9NO2S/c13-11-9(12(14)15)8-5-6-3-1-2-4-7(6)10(8)16-11/h1-4H,5,13H2,(H,14,15). The molecule has 1 heterocycles. The van der Waals surface area contributed by atoms with E-state index in [1.807, 2.05) is 24.3 Å². The van der Waals surface area contributed by atoms with Gasteiger partial charge in [0.15, 0.2) is 0 Å². The fourth-order valence-corrected chi connectivity index (χ4v) is 3.33. The zero-order valence-electron chi connectivity index (χ0n) is 8.36. The van der Waals surface area contributed by atoms with Gasteiger partial charge in [0.1, 0.15) is 5.00 Å². The summed E-state index contributed by atoms with van der Waals surface area (Å²) in [6, 6.07) is 7.98. The molecule has 0 amide bonds. The lowest BCUT2D eigenvalue weighted by Crippen LogP contribution is -2.01. The normalized spacial score (nSPS) is 12.2. The molecule has 0 aliphatic heterocycles. The van der Waals surface area contributed by atoms with Crippen molar-refractivity contribution >= 4 is 22.3 Å². The molecule has 3 rings (SSSR count). The number of hydrogen-bond acceptors (Lipinski definition) is 3. The van der Waals surface area contributed by atoms with Gasteiger partial charge in [-0.3, -0.25) is 0 Å². The van der Waals surface area contributed by atoms with E-state index in [1.54, 1.807) is 0 Å².